The molecular weight excluding hydrogens is 570 g/mol. The number of amides is 1. The molecule has 0 atom stereocenters. The fourth-order valence-corrected chi connectivity index (χ4v) is 5.42. The number of rotatable bonds is 8. The first-order valence-corrected chi connectivity index (χ1v) is 13.0. The SMILES string of the molecule is COc1cc(/C=N\NC(=O)c2cc3cc([N+](=O)[O-])ccc3s2)cc(Br)c1OCc1ccc2ccccc2c1. The second-order valence-electron chi connectivity index (χ2n) is 8.29. The van der Waals surface area contributed by atoms with E-state index in [9.17, 15) is 14.9 Å². The first-order chi connectivity index (χ1) is 18.4. The van der Waals surface area contributed by atoms with E-state index in [0.717, 1.165) is 15.6 Å². The highest BCUT2D eigenvalue weighted by Gasteiger charge is 2.14. The normalized spacial score (nSPS) is 11.2. The maximum absolute atomic E-state index is 12.6. The summed E-state index contributed by atoms with van der Waals surface area (Å²) in [6.07, 6.45) is 1.50. The Morgan fingerprint density at radius 3 is 2.66 bits per heavy atom. The molecule has 0 fully saturated rings. The maximum Gasteiger partial charge on any atom is 0.281 e. The highest BCUT2D eigenvalue weighted by molar-refractivity contribution is 9.10. The number of hydrogen-bond donors (Lipinski definition) is 1. The minimum absolute atomic E-state index is 0.0236. The van der Waals surface area contributed by atoms with Gasteiger partial charge in [-0.3, -0.25) is 14.9 Å². The van der Waals surface area contributed by atoms with Crippen LogP contribution in [0.1, 0.15) is 20.8 Å². The lowest BCUT2D eigenvalue weighted by Gasteiger charge is -2.14. The summed E-state index contributed by atoms with van der Waals surface area (Å²) in [5, 5.41) is 18.0. The van der Waals surface area contributed by atoms with Crippen molar-refractivity contribution in [3.05, 3.63) is 109 Å². The van der Waals surface area contributed by atoms with Crippen LogP contribution in [0.4, 0.5) is 5.69 Å². The summed E-state index contributed by atoms with van der Waals surface area (Å²) in [6.45, 7) is 0.363. The summed E-state index contributed by atoms with van der Waals surface area (Å²) in [5.41, 5.74) is 4.18. The van der Waals surface area contributed by atoms with Crippen LogP contribution in [-0.2, 0) is 6.61 Å². The van der Waals surface area contributed by atoms with Gasteiger partial charge in [0.25, 0.3) is 11.6 Å². The Labute approximate surface area is 229 Å². The Morgan fingerprint density at radius 2 is 1.87 bits per heavy atom. The van der Waals surface area contributed by atoms with E-state index >= 15 is 0 Å². The molecule has 1 heterocycles. The van der Waals surface area contributed by atoms with Crippen LogP contribution >= 0.6 is 27.3 Å². The first-order valence-electron chi connectivity index (χ1n) is 11.4. The maximum atomic E-state index is 12.6. The molecule has 0 spiro atoms. The number of fused-ring (bicyclic) bond motifs is 2. The molecule has 1 aromatic heterocycles. The van der Waals surface area contributed by atoms with Crippen molar-refractivity contribution in [1.82, 2.24) is 5.43 Å². The van der Waals surface area contributed by atoms with Crippen LogP contribution in [-0.4, -0.2) is 24.2 Å². The zero-order chi connectivity index (χ0) is 26.6. The Kier molecular flexibility index (Phi) is 7.34. The van der Waals surface area contributed by atoms with Gasteiger partial charge in [0, 0.05) is 22.2 Å². The number of carbonyl (C=O) groups excluding carboxylic acids is 1. The van der Waals surface area contributed by atoms with Crippen LogP contribution < -0.4 is 14.9 Å². The van der Waals surface area contributed by atoms with Crippen LogP contribution in [0.25, 0.3) is 20.9 Å². The van der Waals surface area contributed by atoms with E-state index in [1.807, 2.05) is 24.3 Å². The fourth-order valence-electron chi connectivity index (χ4n) is 3.92. The summed E-state index contributed by atoms with van der Waals surface area (Å²) in [7, 11) is 1.55. The van der Waals surface area contributed by atoms with E-state index in [-0.39, 0.29) is 5.69 Å². The first kappa shape index (κ1) is 25.4. The average Bonchev–Trinajstić information content (AvgIpc) is 3.36. The smallest absolute Gasteiger partial charge is 0.281 e. The average molecular weight is 590 g/mol. The summed E-state index contributed by atoms with van der Waals surface area (Å²) in [6, 6.07) is 24.0. The third kappa shape index (κ3) is 5.51. The zero-order valence-electron chi connectivity index (χ0n) is 20.0. The molecule has 8 nitrogen and oxygen atoms in total. The number of methoxy groups -OCH3 is 1. The number of nitro benzene ring substituents is 1. The van der Waals surface area contributed by atoms with Crippen molar-refractivity contribution in [2.75, 3.05) is 7.11 Å². The largest absolute Gasteiger partial charge is 0.493 e. The number of non-ortho nitro benzene ring substituents is 1. The van der Waals surface area contributed by atoms with Gasteiger partial charge < -0.3 is 9.47 Å². The van der Waals surface area contributed by atoms with Gasteiger partial charge in [-0.25, -0.2) is 5.43 Å². The number of carbonyl (C=O) groups is 1. The molecule has 5 rings (SSSR count). The molecule has 0 saturated heterocycles. The molecule has 0 aliphatic carbocycles. The second-order valence-corrected chi connectivity index (χ2v) is 10.2. The highest BCUT2D eigenvalue weighted by Crippen LogP contribution is 2.37. The van der Waals surface area contributed by atoms with E-state index in [1.54, 1.807) is 25.3 Å². The van der Waals surface area contributed by atoms with Crippen LogP contribution in [0.5, 0.6) is 11.5 Å². The molecule has 0 bridgehead atoms. The lowest BCUT2D eigenvalue weighted by Crippen LogP contribution is -2.16. The molecule has 0 aliphatic rings. The standard InChI is InChI=1S/C28H20BrN3O5S/c1-36-24-12-18(11-23(29)27(24)37-16-17-6-7-19-4-2-3-5-20(19)10-17)15-30-31-28(33)26-14-21-13-22(32(34)35)8-9-25(21)38-26/h2-15H,16H2,1H3,(H,31,33)/b30-15-. The molecule has 0 unspecified atom stereocenters. The molecule has 38 heavy (non-hydrogen) atoms. The summed E-state index contributed by atoms with van der Waals surface area (Å²) >= 11 is 4.78. The number of hydrogen-bond acceptors (Lipinski definition) is 7. The number of nitrogens with one attached hydrogen (secondary N) is 1. The van der Waals surface area contributed by atoms with E-state index < -0.39 is 10.8 Å². The minimum Gasteiger partial charge on any atom is -0.493 e. The number of halogens is 1. The summed E-state index contributed by atoms with van der Waals surface area (Å²) in [5.74, 6) is 0.659. The number of nitrogens with zero attached hydrogens (tertiary/aromatic N) is 2. The predicted octanol–water partition coefficient (Wildman–Crippen LogP) is 7.08. The fraction of sp³-hybridized carbons (Fsp3) is 0.0714. The van der Waals surface area contributed by atoms with Crippen LogP contribution in [0, 0.1) is 10.1 Å². The molecule has 4 aromatic carbocycles. The van der Waals surface area contributed by atoms with Crippen molar-refractivity contribution in [3.8, 4) is 11.5 Å². The minimum atomic E-state index is -0.465. The predicted molar refractivity (Wildman–Crippen MR) is 153 cm³/mol. The summed E-state index contributed by atoms with van der Waals surface area (Å²) < 4.78 is 13.1. The Hall–Kier alpha value is -4.28. The van der Waals surface area contributed by atoms with E-state index in [0.29, 0.717) is 38.4 Å². The monoisotopic (exact) mass is 589 g/mol. The van der Waals surface area contributed by atoms with Gasteiger partial charge in [-0.1, -0.05) is 36.4 Å². The quantitative estimate of drug-likeness (QED) is 0.118. The van der Waals surface area contributed by atoms with Crippen molar-refractivity contribution >= 4 is 65.9 Å². The molecule has 0 radical (unpaired) electrons. The van der Waals surface area contributed by atoms with Gasteiger partial charge >= 0.3 is 0 Å². The van der Waals surface area contributed by atoms with Crippen molar-refractivity contribution < 1.29 is 19.2 Å². The molecule has 5 aromatic rings. The molecule has 0 saturated carbocycles. The highest BCUT2D eigenvalue weighted by atomic mass is 79.9. The topological polar surface area (TPSA) is 103 Å². The molecular formula is C28H20BrN3O5S. The van der Waals surface area contributed by atoms with Gasteiger partial charge in [0.05, 0.1) is 27.6 Å². The van der Waals surface area contributed by atoms with Gasteiger partial charge in [0.15, 0.2) is 11.5 Å². The zero-order valence-corrected chi connectivity index (χ0v) is 22.4. The number of hydrazone groups is 1. The van der Waals surface area contributed by atoms with Crippen molar-refractivity contribution in [1.29, 1.82) is 0 Å². The van der Waals surface area contributed by atoms with Crippen molar-refractivity contribution in [2.45, 2.75) is 6.61 Å². The van der Waals surface area contributed by atoms with E-state index in [1.165, 1.54) is 35.1 Å². The molecule has 1 amide bonds. The van der Waals surface area contributed by atoms with Gasteiger partial charge in [-0.15, -0.1) is 11.3 Å². The summed E-state index contributed by atoms with van der Waals surface area (Å²) in [4.78, 5) is 23.5. The van der Waals surface area contributed by atoms with Crippen LogP contribution in [0.15, 0.2) is 88.4 Å². The molecule has 1 N–H and O–H groups in total. The number of benzene rings is 4. The molecule has 0 aliphatic heterocycles. The van der Waals surface area contributed by atoms with Crippen LogP contribution in [0.2, 0.25) is 0 Å². The van der Waals surface area contributed by atoms with Gasteiger partial charge in [-0.2, -0.15) is 5.10 Å². The molecule has 190 valence electrons. The van der Waals surface area contributed by atoms with E-state index in [2.05, 4.69) is 50.7 Å². The van der Waals surface area contributed by atoms with Gasteiger partial charge in [-0.05, 0) is 68.2 Å². The number of ether oxygens (including phenoxy) is 2. The third-order valence-corrected chi connectivity index (χ3v) is 7.47. The molecule has 10 heteroatoms. The Morgan fingerprint density at radius 1 is 1.05 bits per heavy atom. The Bertz CT molecular complexity index is 1720. The van der Waals surface area contributed by atoms with Crippen molar-refractivity contribution in [3.63, 3.8) is 0 Å². The van der Waals surface area contributed by atoms with Gasteiger partial charge in [0.2, 0.25) is 0 Å². The lowest BCUT2D eigenvalue weighted by molar-refractivity contribution is -0.384. The van der Waals surface area contributed by atoms with Gasteiger partial charge in [0.1, 0.15) is 6.61 Å². The third-order valence-electron chi connectivity index (χ3n) is 5.76. The lowest BCUT2D eigenvalue weighted by atomic mass is 10.1. The number of thiophene rings is 1. The van der Waals surface area contributed by atoms with E-state index in [4.69, 9.17) is 9.47 Å². The van der Waals surface area contributed by atoms with Crippen LogP contribution in [0.3, 0.4) is 0 Å². The second kappa shape index (κ2) is 11.0. The number of nitro groups is 1. The van der Waals surface area contributed by atoms with Crippen molar-refractivity contribution in [2.24, 2.45) is 5.10 Å². The Balaban J connectivity index is 1.26.